The number of hydrogen-bond donors (Lipinski definition) is 3. The Morgan fingerprint density at radius 1 is 1.36 bits per heavy atom. The standard InChI is InChI=1S/C22H28ClFN4O4S/c1-3-33(31,32)11-22(30)9-13-6-12(7-14(13)10-22)19-18(20(25)28(2)27-19)21(29)26-15-4-5-17(24)16(23)8-15/h4-5,8,12-14,30H,3,6-7,9-11,25H2,1-2H3,(H,26,29)/t12?,13-,14?,22?/m0/s1. The van der Waals surface area contributed by atoms with Crippen molar-refractivity contribution in [3.8, 4) is 0 Å². The first-order chi connectivity index (χ1) is 15.4. The lowest BCUT2D eigenvalue weighted by Crippen LogP contribution is -2.35. The highest BCUT2D eigenvalue weighted by Crippen LogP contribution is 2.54. The Morgan fingerprint density at radius 2 is 2.00 bits per heavy atom. The monoisotopic (exact) mass is 498 g/mol. The minimum absolute atomic E-state index is 0.0121. The Balaban J connectivity index is 1.52. The van der Waals surface area contributed by atoms with Crippen LogP contribution in [0.4, 0.5) is 15.9 Å². The van der Waals surface area contributed by atoms with E-state index in [1.165, 1.54) is 22.9 Å². The number of amides is 1. The number of nitrogens with one attached hydrogen (secondary N) is 1. The molecule has 2 aliphatic rings. The highest BCUT2D eigenvalue weighted by molar-refractivity contribution is 7.91. The molecule has 0 spiro atoms. The first-order valence-corrected chi connectivity index (χ1v) is 13.1. The molecule has 3 unspecified atom stereocenters. The van der Waals surface area contributed by atoms with Crippen molar-refractivity contribution in [2.75, 3.05) is 22.6 Å². The third-order valence-electron chi connectivity index (χ3n) is 6.96. The number of aromatic nitrogens is 2. The SMILES string of the molecule is CCS(=O)(=O)CC1(O)CC2CC(c3nn(C)c(N)c3C(=O)Nc3ccc(F)c(Cl)c3)C[C@H]2C1. The Morgan fingerprint density at radius 3 is 2.58 bits per heavy atom. The van der Waals surface area contributed by atoms with Crippen LogP contribution in [0.15, 0.2) is 18.2 Å². The number of aryl methyl sites for hydroxylation is 1. The van der Waals surface area contributed by atoms with E-state index in [0.717, 1.165) is 0 Å². The summed E-state index contributed by atoms with van der Waals surface area (Å²) in [5.74, 6) is -0.742. The van der Waals surface area contributed by atoms with E-state index in [1.54, 1.807) is 14.0 Å². The zero-order valence-corrected chi connectivity index (χ0v) is 20.1. The third-order valence-corrected chi connectivity index (χ3v) is 9.11. The zero-order valence-electron chi connectivity index (χ0n) is 18.5. The van der Waals surface area contributed by atoms with Gasteiger partial charge in [0.05, 0.1) is 22.1 Å². The molecule has 1 heterocycles. The number of carbonyl (C=O) groups is 1. The van der Waals surface area contributed by atoms with Crippen LogP contribution in [0.1, 0.15) is 54.6 Å². The van der Waals surface area contributed by atoms with Crippen molar-refractivity contribution in [3.63, 3.8) is 0 Å². The Kier molecular flexibility index (Phi) is 6.22. The maximum absolute atomic E-state index is 13.4. The summed E-state index contributed by atoms with van der Waals surface area (Å²) in [7, 11) is -1.62. The molecule has 0 saturated heterocycles. The molecule has 4 atom stereocenters. The van der Waals surface area contributed by atoms with Gasteiger partial charge in [-0.05, 0) is 55.7 Å². The van der Waals surface area contributed by atoms with Crippen LogP contribution >= 0.6 is 11.6 Å². The Labute approximate surface area is 197 Å². The number of halogens is 2. The largest absolute Gasteiger partial charge is 0.389 e. The molecular weight excluding hydrogens is 471 g/mol. The molecule has 2 aromatic rings. The van der Waals surface area contributed by atoms with Gasteiger partial charge >= 0.3 is 0 Å². The van der Waals surface area contributed by atoms with Gasteiger partial charge in [-0.2, -0.15) is 5.10 Å². The van der Waals surface area contributed by atoms with E-state index in [1.807, 2.05) is 0 Å². The van der Waals surface area contributed by atoms with Crippen LogP contribution in [0.2, 0.25) is 5.02 Å². The van der Waals surface area contributed by atoms with Gasteiger partial charge in [0, 0.05) is 24.4 Å². The summed E-state index contributed by atoms with van der Waals surface area (Å²) in [4.78, 5) is 13.1. The number of carbonyl (C=O) groups excluding carboxylic acids is 1. The van der Waals surface area contributed by atoms with Gasteiger partial charge < -0.3 is 16.2 Å². The molecule has 11 heteroatoms. The molecule has 8 nitrogen and oxygen atoms in total. The first-order valence-electron chi connectivity index (χ1n) is 10.9. The number of nitrogen functional groups attached to an aromatic ring is 1. The lowest BCUT2D eigenvalue weighted by molar-refractivity contribution is 0.0612. The van der Waals surface area contributed by atoms with Gasteiger partial charge in [-0.3, -0.25) is 9.48 Å². The zero-order chi connectivity index (χ0) is 24.1. The fraction of sp³-hybridized carbons (Fsp3) is 0.545. The lowest BCUT2D eigenvalue weighted by atomic mass is 9.92. The van der Waals surface area contributed by atoms with E-state index in [9.17, 15) is 22.7 Å². The summed E-state index contributed by atoms with van der Waals surface area (Å²) in [6.45, 7) is 1.59. The van der Waals surface area contributed by atoms with Crippen LogP contribution in [0.5, 0.6) is 0 Å². The molecule has 2 fully saturated rings. The van der Waals surface area contributed by atoms with Gasteiger partial charge in [0.15, 0.2) is 9.84 Å². The van der Waals surface area contributed by atoms with Crippen LogP contribution in [-0.4, -0.2) is 46.3 Å². The van der Waals surface area contributed by atoms with Crippen molar-refractivity contribution in [1.29, 1.82) is 0 Å². The predicted octanol–water partition coefficient (Wildman–Crippen LogP) is 3.12. The number of rotatable bonds is 6. The minimum Gasteiger partial charge on any atom is -0.389 e. The fourth-order valence-electron chi connectivity index (χ4n) is 5.47. The van der Waals surface area contributed by atoms with Gasteiger partial charge in [0.25, 0.3) is 5.91 Å². The quantitative estimate of drug-likeness (QED) is 0.561. The predicted molar refractivity (Wildman–Crippen MR) is 124 cm³/mol. The number of aliphatic hydroxyl groups is 1. The average molecular weight is 499 g/mol. The molecule has 4 N–H and O–H groups in total. The number of benzene rings is 1. The van der Waals surface area contributed by atoms with Gasteiger partial charge in [-0.25, -0.2) is 12.8 Å². The molecule has 2 saturated carbocycles. The average Bonchev–Trinajstić information content (AvgIpc) is 3.33. The minimum atomic E-state index is -3.28. The third kappa shape index (κ3) is 4.74. The summed E-state index contributed by atoms with van der Waals surface area (Å²) >= 11 is 5.81. The second-order valence-corrected chi connectivity index (χ2v) is 12.1. The molecule has 2 aliphatic carbocycles. The molecule has 1 aromatic carbocycles. The molecule has 180 valence electrons. The highest BCUT2D eigenvalue weighted by Gasteiger charge is 2.51. The van der Waals surface area contributed by atoms with Gasteiger partial charge in [0.1, 0.15) is 17.2 Å². The topological polar surface area (TPSA) is 127 Å². The molecule has 0 aliphatic heterocycles. The summed E-state index contributed by atoms with van der Waals surface area (Å²) in [6.07, 6.45) is 2.23. The number of hydrogen-bond acceptors (Lipinski definition) is 6. The summed E-state index contributed by atoms with van der Waals surface area (Å²) < 4.78 is 39.0. The number of sulfone groups is 1. The van der Waals surface area contributed by atoms with Crippen LogP contribution in [0.3, 0.4) is 0 Å². The van der Waals surface area contributed by atoms with E-state index in [-0.39, 0.29) is 45.7 Å². The van der Waals surface area contributed by atoms with E-state index in [0.29, 0.717) is 37.1 Å². The maximum atomic E-state index is 13.4. The number of fused-ring (bicyclic) bond motifs is 1. The summed E-state index contributed by atoms with van der Waals surface area (Å²) in [5.41, 5.74) is 6.17. The highest BCUT2D eigenvalue weighted by atomic mass is 35.5. The second-order valence-electron chi connectivity index (χ2n) is 9.35. The normalized spacial score (nSPS) is 27.0. The van der Waals surface area contributed by atoms with Crippen LogP contribution in [0, 0.1) is 17.7 Å². The van der Waals surface area contributed by atoms with Crippen molar-refractivity contribution >= 4 is 38.9 Å². The van der Waals surface area contributed by atoms with Crippen molar-refractivity contribution in [2.45, 2.75) is 44.1 Å². The van der Waals surface area contributed by atoms with Crippen molar-refractivity contribution in [2.24, 2.45) is 18.9 Å². The van der Waals surface area contributed by atoms with Crippen LogP contribution < -0.4 is 11.1 Å². The molecular formula is C22H28ClFN4O4S. The van der Waals surface area contributed by atoms with E-state index in [4.69, 9.17) is 17.3 Å². The first kappa shape index (κ1) is 24.0. The summed E-state index contributed by atoms with van der Waals surface area (Å²) in [6, 6.07) is 3.91. The van der Waals surface area contributed by atoms with Crippen LogP contribution in [-0.2, 0) is 16.9 Å². The number of nitrogens with two attached hydrogens (primary N) is 1. The van der Waals surface area contributed by atoms with E-state index >= 15 is 0 Å². The van der Waals surface area contributed by atoms with Crippen molar-refractivity contribution in [3.05, 3.63) is 40.3 Å². The van der Waals surface area contributed by atoms with E-state index < -0.39 is 27.2 Å². The van der Waals surface area contributed by atoms with Gasteiger partial charge in [-0.1, -0.05) is 18.5 Å². The molecule has 33 heavy (non-hydrogen) atoms. The molecule has 0 radical (unpaired) electrons. The number of anilines is 2. The van der Waals surface area contributed by atoms with Gasteiger partial charge in [0.2, 0.25) is 0 Å². The molecule has 0 bridgehead atoms. The smallest absolute Gasteiger partial charge is 0.261 e. The fourth-order valence-corrected chi connectivity index (χ4v) is 6.91. The maximum Gasteiger partial charge on any atom is 0.261 e. The molecule has 4 rings (SSSR count). The molecule has 1 aromatic heterocycles. The van der Waals surface area contributed by atoms with Gasteiger partial charge in [-0.15, -0.1) is 0 Å². The lowest BCUT2D eigenvalue weighted by Gasteiger charge is -2.24. The van der Waals surface area contributed by atoms with Crippen LogP contribution in [0.25, 0.3) is 0 Å². The van der Waals surface area contributed by atoms with Crippen molar-refractivity contribution < 1.29 is 22.7 Å². The number of nitrogens with zero attached hydrogens (tertiary/aromatic N) is 2. The Bertz CT molecular complexity index is 1190. The van der Waals surface area contributed by atoms with E-state index in [2.05, 4.69) is 10.4 Å². The molecule has 1 amide bonds. The summed E-state index contributed by atoms with van der Waals surface area (Å²) in [5, 5.41) is 18.0. The Hall–Kier alpha value is -2.17. The van der Waals surface area contributed by atoms with Crippen molar-refractivity contribution in [1.82, 2.24) is 9.78 Å². The second kappa shape index (κ2) is 8.56.